The lowest BCUT2D eigenvalue weighted by atomic mass is 10.2. The van der Waals surface area contributed by atoms with Crippen LogP contribution in [0.3, 0.4) is 0 Å². The van der Waals surface area contributed by atoms with Crippen molar-refractivity contribution in [3.8, 4) is 5.82 Å². The molecule has 11 heteroatoms. The monoisotopic (exact) mass is 383 g/mol. The van der Waals surface area contributed by atoms with Gasteiger partial charge in [-0.05, 0) is 19.1 Å². The van der Waals surface area contributed by atoms with Crippen molar-refractivity contribution in [3.05, 3.63) is 60.4 Å². The molecule has 2 heterocycles. The third-order valence-electron chi connectivity index (χ3n) is 3.45. The number of alkyl halides is 3. The Kier molecular flexibility index (Phi) is 4.40. The number of sulfonamides is 1. The Balaban J connectivity index is 1.98. The second kappa shape index (κ2) is 6.41. The largest absolute Gasteiger partial charge is 0.417 e. The Morgan fingerprint density at radius 1 is 1.12 bits per heavy atom. The van der Waals surface area contributed by atoms with Gasteiger partial charge in [0.1, 0.15) is 23.8 Å². The smallest absolute Gasteiger partial charge is 0.288 e. The van der Waals surface area contributed by atoms with Crippen LogP contribution in [-0.4, -0.2) is 27.9 Å². The normalized spacial score (nSPS) is 12.2. The minimum Gasteiger partial charge on any atom is -0.288 e. The zero-order chi connectivity index (χ0) is 18.9. The second-order valence-electron chi connectivity index (χ2n) is 5.21. The van der Waals surface area contributed by atoms with Crippen LogP contribution in [0.25, 0.3) is 5.82 Å². The van der Waals surface area contributed by atoms with Crippen molar-refractivity contribution >= 4 is 15.8 Å². The average Bonchev–Trinajstić information content (AvgIpc) is 3.00. The van der Waals surface area contributed by atoms with Crippen LogP contribution in [0, 0.1) is 6.92 Å². The first-order chi connectivity index (χ1) is 12.2. The number of aryl methyl sites for hydroxylation is 1. The standard InChI is InChI=1S/C15H12F3N5O2S/c1-10-19-6-7-23(10)14-8-13(20-9-21-14)22-26(24,25)12-5-3-2-4-11(12)15(16,17)18/h2-9H,1H3,(H,20,21,22). The molecule has 26 heavy (non-hydrogen) atoms. The number of hydrogen-bond acceptors (Lipinski definition) is 5. The van der Waals surface area contributed by atoms with Gasteiger partial charge in [-0.3, -0.25) is 9.29 Å². The van der Waals surface area contributed by atoms with E-state index in [1.807, 2.05) is 0 Å². The molecule has 0 aliphatic carbocycles. The van der Waals surface area contributed by atoms with E-state index in [9.17, 15) is 21.6 Å². The lowest BCUT2D eigenvalue weighted by Gasteiger charge is -2.14. The number of nitrogens with one attached hydrogen (secondary N) is 1. The van der Waals surface area contributed by atoms with Gasteiger partial charge in [0.05, 0.1) is 10.5 Å². The number of benzene rings is 1. The summed E-state index contributed by atoms with van der Waals surface area (Å²) in [5.41, 5.74) is -1.26. The van der Waals surface area contributed by atoms with Gasteiger partial charge in [-0.25, -0.2) is 23.4 Å². The highest BCUT2D eigenvalue weighted by Crippen LogP contribution is 2.34. The minimum absolute atomic E-state index is 0.167. The summed E-state index contributed by atoms with van der Waals surface area (Å²) in [5, 5.41) is 0. The van der Waals surface area contributed by atoms with Crippen LogP contribution >= 0.6 is 0 Å². The lowest BCUT2D eigenvalue weighted by Crippen LogP contribution is -2.19. The van der Waals surface area contributed by atoms with E-state index in [2.05, 4.69) is 19.7 Å². The summed E-state index contributed by atoms with van der Waals surface area (Å²) in [7, 11) is -4.51. The molecule has 0 saturated carbocycles. The molecule has 0 aliphatic heterocycles. The summed E-state index contributed by atoms with van der Waals surface area (Å²) in [4.78, 5) is 10.9. The van der Waals surface area contributed by atoms with Gasteiger partial charge in [0, 0.05) is 18.5 Å². The zero-order valence-corrected chi connectivity index (χ0v) is 14.1. The highest BCUT2D eigenvalue weighted by atomic mass is 32.2. The molecule has 0 fully saturated rings. The van der Waals surface area contributed by atoms with Crippen LogP contribution in [0.4, 0.5) is 19.0 Å². The quantitative estimate of drug-likeness (QED) is 0.748. The van der Waals surface area contributed by atoms with Crippen molar-refractivity contribution < 1.29 is 21.6 Å². The molecule has 1 aromatic carbocycles. The van der Waals surface area contributed by atoms with Gasteiger partial charge < -0.3 is 0 Å². The molecule has 0 unspecified atom stereocenters. The Morgan fingerprint density at radius 2 is 1.85 bits per heavy atom. The SMILES string of the molecule is Cc1nccn1-c1cc(NS(=O)(=O)c2ccccc2C(F)(F)F)ncn1. The third kappa shape index (κ3) is 3.52. The Hall–Kier alpha value is -2.95. The molecule has 3 aromatic rings. The summed E-state index contributed by atoms with van der Waals surface area (Å²) < 4.78 is 67.8. The summed E-state index contributed by atoms with van der Waals surface area (Å²) in [6.45, 7) is 1.71. The minimum atomic E-state index is -4.81. The number of nitrogens with zero attached hydrogens (tertiary/aromatic N) is 4. The first kappa shape index (κ1) is 17.9. The van der Waals surface area contributed by atoms with Crippen molar-refractivity contribution in [2.24, 2.45) is 0 Å². The fraction of sp³-hybridized carbons (Fsp3) is 0.133. The van der Waals surface area contributed by atoms with Gasteiger partial charge in [-0.2, -0.15) is 13.2 Å². The molecule has 0 saturated heterocycles. The van der Waals surface area contributed by atoms with Gasteiger partial charge in [-0.15, -0.1) is 0 Å². The van der Waals surface area contributed by atoms with Crippen LogP contribution in [0.15, 0.2) is 53.9 Å². The molecular formula is C15H12F3N5O2S. The molecule has 0 bridgehead atoms. The summed E-state index contributed by atoms with van der Waals surface area (Å²) in [6, 6.07) is 5.21. The highest BCUT2D eigenvalue weighted by Gasteiger charge is 2.37. The number of anilines is 1. The van der Waals surface area contributed by atoms with Gasteiger partial charge in [0.2, 0.25) is 0 Å². The molecule has 0 radical (unpaired) electrons. The topological polar surface area (TPSA) is 89.8 Å². The van der Waals surface area contributed by atoms with Gasteiger partial charge >= 0.3 is 6.18 Å². The number of hydrogen-bond donors (Lipinski definition) is 1. The average molecular weight is 383 g/mol. The number of halogens is 3. The van der Waals surface area contributed by atoms with E-state index in [4.69, 9.17) is 0 Å². The Bertz CT molecular complexity index is 1050. The molecule has 0 amide bonds. The van der Waals surface area contributed by atoms with Crippen molar-refractivity contribution in [1.82, 2.24) is 19.5 Å². The van der Waals surface area contributed by atoms with Crippen LogP contribution in [0.1, 0.15) is 11.4 Å². The van der Waals surface area contributed by atoms with E-state index in [1.165, 1.54) is 18.3 Å². The molecule has 0 spiro atoms. The predicted molar refractivity (Wildman–Crippen MR) is 86.1 cm³/mol. The van der Waals surface area contributed by atoms with E-state index in [0.29, 0.717) is 17.7 Å². The molecule has 2 aromatic heterocycles. The maximum atomic E-state index is 13.1. The van der Waals surface area contributed by atoms with Crippen molar-refractivity contribution in [2.45, 2.75) is 18.0 Å². The maximum Gasteiger partial charge on any atom is 0.417 e. The molecular weight excluding hydrogens is 371 g/mol. The van der Waals surface area contributed by atoms with Gasteiger partial charge in [0.15, 0.2) is 0 Å². The molecule has 136 valence electrons. The van der Waals surface area contributed by atoms with Crippen LogP contribution in [0.5, 0.6) is 0 Å². The first-order valence-electron chi connectivity index (χ1n) is 7.20. The van der Waals surface area contributed by atoms with E-state index >= 15 is 0 Å². The van der Waals surface area contributed by atoms with Crippen LogP contribution in [0.2, 0.25) is 0 Å². The lowest BCUT2D eigenvalue weighted by molar-refractivity contribution is -0.139. The van der Waals surface area contributed by atoms with E-state index in [1.54, 1.807) is 17.7 Å². The third-order valence-corrected chi connectivity index (χ3v) is 4.86. The molecule has 0 aliphatic rings. The fourth-order valence-electron chi connectivity index (χ4n) is 2.28. The Labute approximate surface area is 146 Å². The van der Waals surface area contributed by atoms with E-state index in [-0.39, 0.29) is 5.82 Å². The molecule has 3 rings (SSSR count). The van der Waals surface area contributed by atoms with Crippen LogP contribution in [-0.2, 0) is 16.2 Å². The van der Waals surface area contributed by atoms with E-state index in [0.717, 1.165) is 18.5 Å². The molecule has 1 N–H and O–H groups in total. The van der Waals surface area contributed by atoms with Crippen molar-refractivity contribution in [1.29, 1.82) is 0 Å². The second-order valence-corrected chi connectivity index (χ2v) is 6.86. The first-order valence-corrected chi connectivity index (χ1v) is 8.68. The van der Waals surface area contributed by atoms with Gasteiger partial charge in [0.25, 0.3) is 10.0 Å². The highest BCUT2D eigenvalue weighted by molar-refractivity contribution is 7.92. The van der Waals surface area contributed by atoms with Gasteiger partial charge in [-0.1, -0.05) is 12.1 Å². The fourth-order valence-corrected chi connectivity index (χ4v) is 3.51. The predicted octanol–water partition coefficient (Wildman–Crippen LogP) is 2.79. The van der Waals surface area contributed by atoms with Crippen molar-refractivity contribution in [3.63, 3.8) is 0 Å². The van der Waals surface area contributed by atoms with E-state index < -0.39 is 26.7 Å². The maximum absolute atomic E-state index is 13.1. The zero-order valence-electron chi connectivity index (χ0n) is 13.3. The number of rotatable bonds is 4. The summed E-state index contributed by atoms with van der Waals surface area (Å²) in [6.07, 6.45) is -0.575. The number of aromatic nitrogens is 4. The summed E-state index contributed by atoms with van der Waals surface area (Å²) in [5.74, 6) is 0.747. The Morgan fingerprint density at radius 3 is 2.50 bits per heavy atom. The number of imidazole rings is 1. The molecule has 0 atom stereocenters. The summed E-state index contributed by atoms with van der Waals surface area (Å²) >= 11 is 0. The van der Waals surface area contributed by atoms with Crippen LogP contribution < -0.4 is 4.72 Å². The molecule has 7 nitrogen and oxygen atoms in total. The van der Waals surface area contributed by atoms with Crippen molar-refractivity contribution in [2.75, 3.05) is 4.72 Å².